The first-order valence-corrected chi connectivity index (χ1v) is 6.44. The van der Waals surface area contributed by atoms with Gasteiger partial charge in [0.15, 0.2) is 0 Å². The molecule has 0 spiro atoms. The first kappa shape index (κ1) is 12.7. The Bertz CT molecular complexity index is 331. The van der Waals surface area contributed by atoms with Gasteiger partial charge < -0.3 is 15.2 Å². The lowest BCUT2D eigenvalue weighted by Gasteiger charge is -2.38. The fourth-order valence-corrected chi connectivity index (χ4v) is 2.31. The molecule has 0 aromatic rings. The molecule has 0 heterocycles. The molecule has 96 valence electrons. The topological polar surface area (TPSA) is 44.5 Å². The minimum absolute atomic E-state index is 0.0189. The first-order valence-electron chi connectivity index (χ1n) is 6.44. The summed E-state index contributed by atoms with van der Waals surface area (Å²) >= 11 is 0. The van der Waals surface area contributed by atoms with Crippen LogP contribution < -0.4 is 5.73 Å². The molecule has 0 radical (unpaired) electrons. The van der Waals surface area contributed by atoms with Gasteiger partial charge in [0, 0.05) is 12.5 Å². The summed E-state index contributed by atoms with van der Waals surface area (Å²) in [5, 5.41) is 0. The van der Waals surface area contributed by atoms with Crippen molar-refractivity contribution < 1.29 is 9.47 Å². The van der Waals surface area contributed by atoms with E-state index in [1.54, 1.807) is 7.11 Å². The van der Waals surface area contributed by atoms with E-state index in [0.29, 0.717) is 6.10 Å². The predicted octanol–water partition coefficient (Wildman–Crippen LogP) is 2.38. The van der Waals surface area contributed by atoms with Crippen LogP contribution in [0.3, 0.4) is 0 Å². The molecule has 1 unspecified atom stereocenters. The standard InChI is InChI=1S/C14H23NO2/c1-10(12-4-5-12)17-14(11(2)15)8-6-13(16-3)7-9-14/h6-8,10-12H,4-5,9,15H2,1-3H3/t10-,11?,14+/m1/s1. The molecule has 0 saturated heterocycles. The molecular weight excluding hydrogens is 214 g/mol. The van der Waals surface area contributed by atoms with Crippen LogP contribution in [0.1, 0.15) is 33.1 Å². The number of rotatable bonds is 5. The molecule has 3 nitrogen and oxygen atoms in total. The monoisotopic (exact) mass is 237 g/mol. The summed E-state index contributed by atoms with van der Waals surface area (Å²) in [6.07, 6.45) is 9.76. The Hall–Kier alpha value is -0.800. The molecule has 0 bridgehead atoms. The van der Waals surface area contributed by atoms with Gasteiger partial charge in [-0.3, -0.25) is 0 Å². The lowest BCUT2D eigenvalue weighted by Crippen LogP contribution is -2.49. The van der Waals surface area contributed by atoms with E-state index in [-0.39, 0.29) is 11.6 Å². The number of allylic oxidation sites excluding steroid dienone is 1. The SMILES string of the molecule is COC1=CC[C@](O[C@H](C)C2CC2)(C(C)N)C=C1. The van der Waals surface area contributed by atoms with Gasteiger partial charge in [0.1, 0.15) is 11.4 Å². The van der Waals surface area contributed by atoms with E-state index in [9.17, 15) is 0 Å². The molecule has 3 heteroatoms. The number of hydrogen-bond donors (Lipinski definition) is 1. The Morgan fingerprint density at radius 2 is 2.12 bits per heavy atom. The van der Waals surface area contributed by atoms with E-state index >= 15 is 0 Å². The van der Waals surface area contributed by atoms with Crippen LogP contribution in [0.25, 0.3) is 0 Å². The zero-order valence-corrected chi connectivity index (χ0v) is 11.0. The van der Waals surface area contributed by atoms with Crippen LogP contribution in [0, 0.1) is 5.92 Å². The highest BCUT2D eigenvalue weighted by Crippen LogP contribution is 2.38. The lowest BCUT2D eigenvalue weighted by atomic mass is 9.87. The van der Waals surface area contributed by atoms with Gasteiger partial charge in [-0.25, -0.2) is 0 Å². The number of methoxy groups -OCH3 is 1. The molecule has 1 saturated carbocycles. The van der Waals surface area contributed by atoms with Gasteiger partial charge in [-0.1, -0.05) is 0 Å². The Morgan fingerprint density at radius 1 is 1.41 bits per heavy atom. The maximum Gasteiger partial charge on any atom is 0.114 e. The average Bonchev–Trinajstić information content (AvgIpc) is 3.13. The van der Waals surface area contributed by atoms with Crippen molar-refractivity contribution in [2.75, 3.05) is 7.11 Å². The second kappa shape index (κ2) is 4.83. The maximum atomic E-state index is 6.25. The largest absolute Gasteiger partial charge is 0.497 e. The summed E-state index contributed by atoms with van der Waals surface area (Å²) in [6, 6.07) is -0.0189. The third-order valence-electron chi connectivity index (χ3n) is 3.85. The van der Waals surface area contributed by atoms with Crippen molar-refractivity contribution in [3.63, 3.8) is 0 Å². The second-order valence-electron chi connectivity index (χ2n) is 5.25. The van der Waals surface area contributed by atoms with Crippen molar-refractivity contribution in [3.05, 3.63) is 24.0 Å². The van der Waals surface area contributed by atoms with Crippen LogP contribution in [0.5, 0.6) is 0 Å². The number of hydrogen-bond acceptors (Lipinski definition) is 3. The molecule has 2 N–H and O–H groups in total. The zero-order chi connectivity index (χ0) is 12.5. The van der Waals surface area contributed by atoms with Crippen LogP contribution in [-0.2, 0) is 9.47 Å². The van der Waals surface area contributed by atoms with Gasteiger partial charge in [-0.05, 0) is 50.8 Å². The van der Waals surface area contributed by atoms with E-state index in [1.165, 1.54) is 12.8 Å². The Kier molecular flexibility index (Phi) is 3.59. The highest BCUT2D eigenvalue weighted by molar-refractivity contribution is 5.26. The van der Waals surface area contributed by atoms with Crippen molar-refractivity contribution in [2.24, 2.45) is 11.7 Å². The fraction of sp³-hybridized carbons (Fsp3) is 0.714. The summed E-state index contributed by atoms with van der Waals surface area (Å²) < 4.78 is 11.5. The highest BCUT2D eigenvalue weighted by atomic mass is 16.5. The third-order valence-corrected chi connectivity index (χ3v) is 3.85. The zero-order valence-electron chi connectivity index (χ0n) is 11.0. The van der Waals surface area contributed by atoms with Crippen molar-refractivity contribution in [1.29, 1.82) is 0 Å². The van der Waals surface area contributed by atoms with Crippen LogP contribution in [0.2, 0.25) is 0 Å². The van der Waals surface area contributed by atoms with Crippen LogP contribution in [0.4, 0.5) is 0 Å². The molecule has 1 fully saturated rings. The van der Waals surface area contributed by atoms with Gasteiger partial charge in [0.05, 0.1) is 13.2 Å². The normalized spacial score (nSPS) is 31.9. The second-order valence-corrected chi connectivity index (χ2v) is 5.25. The summed E-state index contributed by atoms with van der Waals surface area (Å²) in [4.78, 5) is 0. The smallest absolute Gasteiger partial charge is 0.114 e. The van der Waals surface area contributed by atoms with Crippen molar-refractivity contribution in [1.82, 2.24) is 0 Å². The number of nitrogens with two attached hydrogens (primary N) is 1. The van der Waals surface area contributed by atoms with Crippen molar-refractivity contribution in [2.45, 2.75) is 50.9 Å². The minimum Gasteiger partial charge on any atom is -0.497 e. The lowest BCUT2D eigenvalue weighted by molar-refractivity contribution is -0.0752. The summed E-state index contributed by atoms with van der Waals surface area (Å²) in [7, 11) is 1.68. The molecular formula is C14H23NO2. The van der Waals surface area contributed by atoms with Gasteiger partial charge in [0.2, 0.25) is 0 Å². The molecule has 2 rings (SSSR count). The quantitative estimate of drug-likeness (QED) is 0.798. The number of ether oxygens (including phenoxy) is 2. The highest BCUT2D eigenvalue weighted by Gasteiger charge is 2.39. The summed E-state index contributed by atoms with van der Waals surface area (Å²) in [6.45, 7) is 4.17. The van der Waals surface area contributed by atoms with Crippen LogP contribution >= 0.6 is 0 Å². The molecule has 0 aromatic carbocycles. The van der Waals surface area contributed by atoms with E-state index in [0.717, 1.165) is 18.1 Å². The third kappa shape index (κ3) is 2.72. The Morgan fingerprint density at radius 3 is 2.53 bits per heavy atom. The van der Waals surface area contributed by atoms with Gasteiger partial charge >= 0.3 is 0 Å². The van der Waals surface area contributed by atoms with Crippen LogP contribution in [-0.4, -0.2) is 24.9 Å². The average molecular weight is 237 g/mol. The Labute approximate surface area is 104 Å². The summed E-state index contributed by atoms with van der Waals surface area (Å²) in [5.41, 5.74) is 5.75. The molecule has 17 heavy (non-hydrogen) atoms. The minimum atomic E-state index is -0.357. The maximum absolute atomic E-state index is 6.25. The molecule has 0 aliphatic heterocycles. The van der Waals surface area contributed by atoms with Crippen molar-refractivity contribution >= 4 is 0 Å². The molecule has 2 aliphatic rings. The van der Waals surface area contributed by atoms with Crippen molar-refractivity contribution in [3.8, 4) is 0 Å². The van der Waals surface area contributed by atoms with Gasteiger partial charge in [0.25, 0.3) is 0 Å². The van der Waals surface area contributed by atoms with Crippen LogP contribution in [0.15, 0.2) is 24.0 Å². The van der Waals surface area contributed by atoms with E-state index in [4.69, 9.17) is 15.2 Å². The summed E-state index contributed by atoms with van der Waals surface area (Å²) in [5.74, 6) is 1.62. The fourth-order valence-electron chi connectivity index (χ4n) is 2.31. The molecule has 2 aliphatic carbocycles. The van der Waals surface area contributed by atoms with Gasteiger partial charge in [-0.2, -0.15) is 0 Å². The molecule has 0 aromatic heterocycles. The predicted molar refractivity (Wildman–Crippen MR) is 68.5 cm³/mol. The first-order chi connectivity index (χ1) is 8.07. The molecule has 0 amide bonds. The molecule has 3 atom stereocenters. The van der Waals surface area contributed by atoms with E-state index in [1.807, 2.05) is 13.0 Å². The van der Waals surface area contributed by atoms with Gasteiger partial charge in [-0.15, -0.1) is 0 Å². The van der Waals surface area contributed by atoms with E-state index < -0.39 is 0 Å². The van der Waals surface area contributed by atoms with E-state index in [2.05, 4.69) is 19.1 Å². The Balaban J connectivity index is 2.06.